The zero-order valence-electron chi connectivity index (χ0n) is 19.8. The minimum absolute atomic E-state index is 0. The summed E-state index contributed by atoms with van der Waals surface area (Å²) < 4.78 is 33.1. The maximum atomic E-state index is 13.1. The van der Waals surface area contributed by atoms with Gasteiger partial charge in [-0.25, -0.2) is 13.9 Å². The van der Waals surface area contributed by atoms with Crippen molar-refractivity contribution >= 4 is 34.5 Å². The molecule has 0 saturated heterocycles. The summed E-state index contributed by atoms with van der Waals surface area (Å²) in [6.45, 7) is 1.65. The Morgan fingerprint density at radius 3 is 2.30 bits per heavy atom. The highest BCUT2D eigenvalue weighted by atomic mass is 35.5. The molecule has 1 aromatic heterocycles. The van der Waals surface area contributed by atoms with Gasteiger partial charge >= 0.3 is 0 Å². The Kier molecular flexibility index (Phi) is 7.99. The molecule has 2 N–H and O–H groups in total. The van der Waals surface area contributed by atoms with Crippen molar-refractivity contribution in [3.8, 4) is 11.1 Å². The van der Waals surface area contributed by atoms with Crippen LogP contribution >= 0.6 is 12.4 Å². The lowest BCUT2D eigenvalue weighted by atomic mass is 10.1. The van der Waals surface area contributed by atoms with E-state index in [9.17, 15) is 8.42 Å². The second kappa shape index (κ2) is 11.2. The summed E-state index contributed by atoms with van der Waals surface area (Å²) >= 11 is 0. The van der Waals surface area contributed by atoms with E-state index in [1.54, 1.807) is 18.4 Å². The average Bonchev–Trinajstić information content (AvgIpc) is 3.65. The second-order valence-electron chi connectivity index (χ2n) is 8.54. The lowest BCUT2D eigenvalue weighted by Crippen LogP contribution is -2.35. The third kappa shape index (κ3) is 5.40. The molecule has 0 unspecified atom stereocenters. The quantitative estimate of drug-likeness (QED) is 0.282. The van der Waals surface area contributed by atoms with Crippen molar-refractivity contribution in [3.05, 3.63) is 108 Å². The van der Waals surface area contributed by atoms with Crippen LogP contribution in [0.15, 0.2) is 106 Å². The first-order valence-corrected chi connectivity index (χ1v) is 12.9. The van der Waals surface area contributed by atoms with E-state index in [1.807, 2.05) is 18.2 Å². The van der Waals surface area contributed by atoms with E-state index in [1.165, 1.54) is 20.9 Å². The second-order valence-corrected chi connectivity index (χ2v) is 10.5. The van der Waals surface area contributed by atoms with Gasteiger partial charge in [-0.1, -0.05) is 42.5 Å². The molecule has 192 valence electrons. The fourth-order valence-electron chi connectivity index (χ4n) is 4.54. The van der Waals surface area contributed by atoms with Gasteiger partial charge in [0.2, 0.25) is 16.4 Å². The fraction of sp³-hybridized carbons (Fsp3) is 0.148. The number of nitrogens with zero attached hydrogens (tertiary/aromatic N) is 2. The van der Waals surface area contributed by atoms with E-state index in [0.717, 1.165) is 34.7 Å². The zero-order valence-corrected chi connectivity index (χ0v) is 21.4. The highest BCUT2D eigenvalue weighted by molar-refractivity contribution is 7.89. The summed E-state index contributed by atoms with van der Waals surface area (Å²) in [6.07, 6.45) is 11.0. The van der Waals surface area contributed by atoms with E-state index in [4.69, 9.17) is 14.4 Å². The number of allylic oxidation sites excluding steroid dienone is 3. The average molecular weight is 540 g/mol. The fourth-order valence-corrected chi connectivity index (χ4v) is 5.93. The molecule has 3 aromatic rings. The molecule has 3 aliphatic rings. The minimum Gasteiger partial charge on any atom is -0.468 e. The molecule has 10 heteroatoms. The Labute approximate surface area is 221 Å². The molecule has 1 aliphatic carbocycles. The number of benzene rings is 2. The van der Waals surface area contributed by atoms with Crippen LogP contribution in [-0.2, 0) is 27.8 Å². The zero-order chi connectivity index (χ0) is 25.1. The summed E-state index contributed by atoms with van der Waals surface area (Å²) in [4.78, 5) is 11.4. The molecule has 0 bridgehead atoms. The van der Waals surface area contributed by atoms with Gasteiger partial charge in [-0.3, -0.25) is 10.0 Å². The molecule has 1 amide bonds. The van der Waals surface area contributed by atoms with Crippen LogP contribution in [0.4, 0.5) is 5.69 Å². The first-order chi connectivity index (χ1) is 17.5. The first kappa shape index (κ1) is 26.4. The number of carbonyl (C=O) groups is 1. The topological polar surface area (TPSA) is 103 Å². The Bertz CT molecular complexity index is 1460. The molecule has 0 radical (unpaired) electrons. The molecule has 0 saturated carbocycles. The van der Waals surface area contributed by atoms with Gasteiger partial charge in [0, 0.05) is 25.0 Å². The van der Waals surface area contributed by atoms with Gasteiger partial charge < -0.3 is 9.32 Å². The number of hydroxylamine groups is 1. The van der Waals surface area contributed by atoms with E-state index >= 15 is 0 Å². The number of fused-ring (bicyclic) bond motifs is 2. The van der Waals surface area contributed by atoms with E-state index in [0.29, 0.717) is 17.9 Å². The van der Waals surface area contributed by atoms with Crippen LogP contribution in [0.5, 0.6) is 0 Å². The number of hydrogen-bond acceptors (Lipinski definition) is 6. The summed E-state index contributed by atoms with van der Waals surface area (Å²) in [5.74, 6) is 0.737. The van der Waals surface area contributed by atoms with Gasteiger partial charge in [-0.2, -0.15) is 4.31 Å². The number of hydrogen-bond donors (Lipinski definition) is 2. The molecule has 2 aliphatic heterocycles. The van der Waals surface area contributed by atoms with E-state index in [2.05, 4.69) is 53.6 Å². The number of amides is 1. The van der Waals surface area contributed by atoms with E-state index in [-0.39, 0.29) is 25.4 Å². The standard InChI is InChI=1S/C26H22N2O3S.CH3NO2.ClH/c29-32(30,28-14-12-21-13-15-31-26(21)18-28)25-10-6-20(7-11-25)19-4-8-24(9-5-19)27-16-22-2-1-3-23(22)17-27;3-1-2-4;/h1-11,13,15-16H,12,14,17-18H2;1,4H,(H,2,3);1H. The molecule has 0 atom stereocenters. The highest BCUT2D eigenvalue weighted by Gasteiger charge is 2.29. The van der Waals surface area contributed by atoms with Crippen molar-refractivity contribution in [2.24, 2.45) is 0 Å². The maximum Gasteiger partial charge on any atom is 0.243 e. The normalized spacial score (nSPS) is 16.0. The molecule has 6 rings (SSSR count). The van der Waals surface area contributed by atoms with Gasteiger partial charge in [0.15, 0.2) is 0 Å². The van der Waals surface area contributed by atoms with E-state index < -0.39 is 10.0 Å². The van der Waals surface area contributed by atoms with Crippen LogP contribution < -0.4 is 10.4 Å². The number of furan rings is 1. The third-order valence-corrected chi connectivity index (χ3v) is 8.30. The van der Waals surface area contributed by atoms with Crippen LogP contribution in [0.2, 0.25) is 0 Å². The number of halogens is 1. The Hall–Kier alpha value is -3.63. The van der Waals surface area contributed by atoms with Crippen LogP contribution in [0, 0.1) is 0 Å². The van der Waals surface area contributed by atoms with Crippen molar-refractivity contribution in [2.45, 2.75) is 17.9 Å². The van der Waals surface area contributed by atoms with Gasteiger partial charge in [0.25, 0.3) is 0 Å². The molecule has 0 spiro atoms. The van der Waals surface area contributed by atoms with Crippen molar-refractivity contribution in [1.29, 1.82) is 0 Å². The smallest absolute Gasteiger partial charge is 0.243 e. The molecule has 0 fully saturated rings. The van der Waals surface area contributed by atoms with Crippen LogP contribution in [-0.4, -0.2) is 37.4 Å². The Morgan fingerprint density at radius 2 is 1.65 bits per heavy atom. The van der Waals surface area contributed by atoms with Crippen LogP contribution in [0.1, 0.15) is 11.3 Å². The van der Waals surface area contributed by atoms with Crippen molar-refractivity contribution in [2.75, 3.05) is 18.0 Å². The number of rotatable bonds is 5. The van der Waals surface area contributed by atoms with Gasteiger partial charge in [0.05, 0.1) is 17.7 Å². The van der Waals surface area contributed by atoms with Crippen LogP contribution in [0.3, 0.4) is 0 Å². The molecule has 37 heavy (non-hydrogen) atoms. The highest BCUT2D eigenvalue weighted by Crippen LogP contribution is 2.32. The Morgan fingerprint density at radius 1 is 0.973 bits per heavy atom. The van der Waals surface area contributed by atoms with Gasteiger partial charge in [-0.15, -0.1) is 12.4 Å². The summed E-state index contributed by atoms with van der Waals surface area (Å²) in [7, 11) is -3.56. The number of sulfonamides is 1. The maximum absolute atomic E-state index is 13.1. The lowest BCUT2D eigenvalue weighted by molar-refractivity contribution is -0.116. The van der Waals surface area contributed by atoms with Crippen molar-refractivity contribution in [1.82, 2.24) is 9.79 Å². The minimum atomic E-state index is -3.56. The number of anilines is 1. The molecular weight excluding hydrogens is 514 g/mol. The molecule has 3 heterocycles. The van der Waals surface area contributed by atoms with Crippen LogP contribution in [0.25, 0.3) is 11.1 Å². The molecule has 2 aromatic carbocycles. The Balaban J connectivity index is 0.000000599. The largest absolute Gasteiger partial charge is 0.468 e. The summed E-state index contributed by atoms with van der Waals surface area (Å²) in [6, 6.07) is 17.4. The number of nitrogens with one attached hydrogen (secondary N) is 1. The molecule has 8 nitrogen and oxygen atoms in total. The monoisotopic (exact) mass is 539 g/mol. The predicted octanol–water partition coefficient (Wildman–Crippen LogP) is 4.44. The first-order valence-electron chi connectivity index (χ1n) is 11.4. The van der Waals surface area contributed by atoms with Crippen molar-refractivity contribution < 1.29 is 22.8 Å². The molecular formula is C27H26ClN3O5S. The van der Waals surface area contributed by atoms with Gasteiger partial charge in [0.1, 0.15) is 5.76 Å². The van der Waals surface area contributed by atoms with Crippen molar-refractivity contribution in [3.63, 3.8) is 0 Å². The summed E-state index contributed by atoms with van der Waals surface area (Å²) in [5.41, 5.74) is 8.17. The SMILES string of the molecule is Cl.O=CNO.O=S(=O)(c1ccc(-c2ccc(N3C=C4C=CC=C4C3)cc2)cc1)N1CCc2ccoc2C1. The lowest BCUT2D eigenvalue weighted by Gasteiger charge is -2.25. The van der Waals surface area contributed by atoms with Gasteiger partial charge in [-0.05, 0) is 64.6 Å². The number of carbonyl (C=O) groups excluding carboxylic acids is 1. The third-order valence-electron chi connectivity index (χ3n) is 6.44. The summed E-state index contributed by atoms with van der Waals surface area (Å²) in [5, 5.41) is 7.26. The predicted molar refractivity (Wildman–Crippen MR) is 143 cm³/mol.